The number of amides is 6. The third-order valence-electron chi connectivity index (χ3n) is 10.8. The minimum absolute atomic E-state index is 0.232. The van der Waals surface area contributed by atoms with Gasteiger partial charge in [-0.3, -0.25) is 19.2 Å². The standard InChI is InChI=1S/C44H56FN7O8/c1-27(2)37(48-43(57)59-5)41(55)51-21-9-15-35(51)39(53)46-32-13-7-11-29(23-32)25-50(34-19-17-31(45)18-20-34)26-30-12-8-14-33(24-30)47-40(54)36-16-10-22-52(36)42(56)38(28(3)4)49-44(58)60-6/h7-8,11-14,17-20,23-24,27-28,35-38H,9-10,15-16,21-22,25-26H2,1-6H3,(H,46,53)(H,47,54)(H,48,57)(H,49,58)/t35-,36-,37-,38-/m0/s1. The van der Waals surface area contributed by atoms with E-state index in [0.29, 0.717) is 63.2 Å². The van der Waals surface area contributed by atoms with Gasteiger partial charge in [0, 0.05) is 43.2 Å². The predicted octanol–water partition coefficient (Wildman–Crippen LogP) is 5.65. The van der Waals surface area contributed by atoms with Crippen LogP contribution in [0.3, 0.4) is 0 Å². The van der Waals surface area contributed by atoms with Gasteiger partial charge in [-0.2, -0.15) is 0 Å². The second kappa shape index (κ2) is 20.7. The highest BCUT2D eigenvalue weighted by molar-refractivity contribution is 5.99. The summed E-state index contributed by atoms with van der Waals surface area (Å²) in [7, 11) is 2.46. The number of ether oxygens (including phenoxy) is 2. The van der Waals surface area contributed by atoms with Crippen LogP contribution in [-0.2, 0) is 41.7 Å². The number of hydrogen-bond acceptors (Lipinski definition) is 9. The van der Waals surface area contributed by atoms with Gasteiger partial charge in [0.1, 0.15) is 30.0 Å². The number of benzene rings is 3. The van der Waals surface area contributed by atoms with Crippen LogP contribution in [0.2, 0.25) is 0 Å². The molecule has 322 valence electrons. The maximum Gasteiger partial charge on any atom is 0.407 e. The molecular formula is C44H56FN7O8. The lowest BCUT2D eigenvalue weighted by Crippen LogP contribution is -2.54. The van der Waals surface area contributed by atoms with Gasteiger partial charge in [0.25, 0.3) is 0 Å². The van der Waals surface area contributed by atoms with Gasteiger partial charge in [-0.1, -0.05) is 52.0 Å². The molecule has 15 nitrogen and oxygen atoms in total. The molecule has 3 aromatic rings. The van der Waals surface area contributed by atoms with Gasteiger partial charge in [-0.15, -0.1) is 0 Å². The average molecular weight is 830 g/mol. The maximum atomic E-state index is 14.1. The van der Waals surface area contributed by atoms with Crippen LogP contribution in [0, 0.1) is 17.7 Å². The fourth-order valence-electron chi connectivity index (χ4n) is 7.64. The van der Waals surface area contributed by atoms with Crippen molar-refractivity contribution >= 4 is 52.9 Å². The monoisotopic (exact) mass is 829 g/mol. The Labute approximate surface area is 350 Å². The number of anilines is 3. The number of alkyl carbamates (subject to hydrolysis) is 2. The first-order chi connectivity index (χ1) is 28.7. The Kier molecular flexibility index (Phi) is 15.5. The van der Waals surface area contributed by atoms with Gasteiger partial charge >= 0.3 is 12.2 Å². The Morgan fingerprint density at radius 1 is 0.667 bits per heavy atom. The summed E-state index contributed by atoms with van der Waals surface area (Å²) in [5, 5.41) is 11.2. The van der Waals surface area contributed by atoms with Crippen molar-refractivity contribution < 1.29 is 42.6 Å². The molecule has 2 aliphatic heterocycles. The number of halogens is 1. The number of likely N-dealkylation sites (tertiary alicyclic amines) is 2. The van der Waals surface area contributed by atoms with Crippen LogP contribution < -0.4 is 26.2 Å². The van der Waals surface area contributed by atoms with E-state index in [4.69, 9.17) is 9.47 Å². The Morgan fingerprint density at radius 3 is 1.47 bits per heavy atom. The molecule has 16 heteroatoms. The minimum Gasteiger partial charge on any atom is -0.453 e. The number of carbonyl (C=O) groups is 6. The molecule has 4 atom stereocenters. The molecule has 0 aromatic heterocycles. The molecule has 2 aliphatic rings. The zero-order chi connectivity index (χ0) is 43.5. The number of carbonyl (C=O) groups excluding carboxylic acids is 6. The average Bonchev–Trinajstić information content (AvgIpc) is 3.93. The molecular weight excluding hydrogens is 774 g/mol. The summed E-state index contributed by atoms with van der Waals surface area (Å²) in [6.07, 6.45) is 0.782. The van der Waals surface area contributed by atoms with Crippen LogP contribution in [0.4, 0.5) is 31.0 Å². The molecule has 2 heterocycles. The van der Waals surface area contributed by atoms with Crippen LogP contribution >= 0.6 is 0 Å². The van der Waals surface area contributed by atoms with E-state index in [1.165, 1.54) is 36.2 Å². The molecule has 0 bridgehead atoms. The topological polar surface area (TPSA) is 179 Å². The summed E-state index contributed by atoms with van der Waals surface area (Å²) in [4.78, 5) is 83.4. The van der Waals surface area contributed by atoms with Crippen LogP contribution in [0.15, 0.2) is 72.8 Å². The lowest BCUT2D eigenvalue weighted by atomic mass is 10.0. The lowest BCUT2D eigenvalue weighted by Gasteiger charge is -2.30. The largest absolute Gasteiger partial charge is 0.453 e. The van der Waals surface area contributed by atoms with Gasteiger partial charge < -0.3 is 45.4 Å². The Morgan fingerprint density at radius 2 is 1.08 bits per heavy atom. The molecule has 2 fully saturated rings. The van der Waals surface area contributed by atoms with Crippen LogP contribution in [0.5, 0.6) is 0 Å². The molecule has 0 radical (unpaired) electrons. The molecule has 60 heavy (non-hydrogen) atoms. The molecule has 4 N–H and O–H groups in total. The van der Waals surface area contributed by atoms with Crippen LogP contribution in [0.1, 0.15) is 64.5 Å². The molecule has 6 amide bonds. The number of methoxy groups -OCH3 is 2. The summed E-state index contributed by atoms with van der Waals surface area (Å²) in [6.45, 7) is 8.75. The molecule has 0 aliphatic carbocycles. The summed E-state index contributed by atoms with van der Waals surface area (Å²) in [5.74, 6) is -2.21. The van der Waals surface area contributed by atoms with E-state index in [0.717, 1.165) is 16.8 Å². The summed E-state index contributed by atoms with van der Waals surface area (Å²) >= 11 is 0. The SMILES string of the molecule is COC(=O)N[C@H](C(=O)N1CCC[C@H]1C(=O)Nc1cccc(CN(Cc2cccc(NC(=O)[C@@H]3CCCN3C(=O)[C@@H](NC(=O)OC)C(C)C)c2)c2ccc(F)cc2)c1)C(C)C. The van der Waals surface area contributed by atoms with Crippen LogP contribution in [0.25, 0.3) is 0 Å². The summed E-state index contributed by atoms with van der Waals surface area (Å²) < 4.78 is 23.5. The minimum atomic E-state index is -0.849. The lowest BCUT2D eigenvalue weighted by molar-refractivity contribution is -0.139. The summed E-state index contributed by atoms with van der Waals surface area (Å²) in [5.41, 5.74) is 3.50. The normalized spacial score (nSPS) is 17.1. The first-order valence-corrected chi connectivity index (χ1v) is 20.3. The number of nitrogens with zero attached hydrogens (tertiary/aromatic N) is 3. The molecule has 5 rings (SSSR count). The van der Waals surface area contributed by atoms with E-state index in [1.54, 1.807) is 24.3 Å². The first-order valence-electron chi connectivity index (χ1n) is 20.3. The highest BCUT2D eigenvalue weighted by Gasteiger charge is 2.40. The van der Waals surface area contributed by atoms with E-state index >= 15 is 0 Å². The molecule has 2 saturated heterocycles. The van der Waals surface area contributed by atoms with Gasteiger partial charge in [0.2, 0.25) is 23.6 Å². The van der Waals surface area contributed by atoms with Crippen molar-refractivity contribution in [1.82, 2.24) is 20.4 Å². The van der Waals surface area contributed by atoms with Crippen molar-refractivity contribution in [1.29, 1.82) is 0 Å². The molecule has 0 saturated carbocycles. The predicted molar refractivity (Wildman–Crippen MR) is 224 cm³/mol. The fraction of sp³-hybridized carbons (Fsp3) is 0.455. The van der Waals surface area contributed by atoms with Crippen molar-refractivity contribution in [2.45, 2.75) is 90.6 Å². The Balaban J connectivity index is 1.28. The van der Waals surface area contributed by atoms with E-state index < -0.39 is 36.4 Å². The molecule has 0 unspecified atom stereocenters. The van der Waals surface area contributed by atoms with Crippen molar-refractivity contribution in [2.75, 3.05) is 42.8 Å². The smallest absolute Gasteiger partial charge is 0.407 e. The van der Waals surface area contributed by atoms with Crippen molar-refractivity contribution in [3.63, 3.8) is 0 Å². The van der Waals surface area contributed by atoms with E-state index in [9.17, 15) is 33.2 Å². The highest BCUT2D eigenvalue weighted by Crippen LogP contribution is 2.27. The Bertz CT molecular complexity index is 1890. The third kappa shape index (κ3) is 11.5. The number of hydrogen-bond donors (Lipinski definition) is 4. The van der Waals surface area contributed by atoms with Crippen molar-refractivity contribution in [2.24, 2.45) is 11.8 Å². The highest BCUT2D eigenvalue weighted by atomic mass is 19.1. The van der Waals surface area contributed by atoms with Crippen LogP contribution in [-0.4, -0.2) is 97.1 Å². The zero-order valence-corrected chi connectivity index (χ0v) is 35.0. The second-order valence-corrected chi connectivity index (χ2v) is 15.8. The number of nitrogens with one attached hydrogen (secondary N) is 4. The quantitative estimate of drug-likeness (QED) is 0.151. The second-order valence-electron chi connectivity index (χ2n) is 15.8. The van der Waals surface area contributed by atoms with Crippen molar-refractivity contribution in [3.8, 4) is 0 Å². The van der Waals surface area contributed by atoms with Gasteiger partial charge in [-0.25, -0.2) is 14.0 Å². The Hall–Kier alpha value is -6.19. The third-order valence-corrected chi connectivity index (χ3v) is 10.8. The van der Waals surface area contributed by atoms with E-state index in [2.05, 4.69) is 21.3 Å². The van der Waals surface area contributed by atoms with Crippen molar-refractivity contribution in [3.05, 3.63) is 89.7 Å². The summed E-state index contributed by atoms with van der Waals surface area (Å²) in [6, 6.07) is 17.7. The zero-order valence-electron chi connectivity index (χ0n) is 35.0. The molecule has 0 spiro atoms. The maximum absolute atomic E-state index is 14.1. The van der Waals surface area contributed by atoms with Gasteiger partial charge in [0.15, 0.2) is 0 Å². The van der Waals surface area contributed by atoms with E-state index in [1.807, 2.05) is 69.0 Å². The fourth-order valence-corrected chi connectivity index (χ4v) is 7.64. The molecule has 3 aromatic carbocycles. The first kappa shape index (κ1) is 44.9. The van der Waals surface area contributed by atoms with E-state index in [-0.39, 0.29) is 41.3 Å². The number of rotatable bonds is 15. The van der Waals surface area contributed by atoms with Gasteiger partial charge in [0.05, 0.1) is 14.2 Å². The van der Waals surface area contributed by atoms with Gasteiger partial charge in [-0.05, 0) is 97.2 Å².